The minimum Gasteiger partial charge on any atom is -0.494 e. The molecular weight excluding hydrogens is 427 g/mol. The number of ether oxygens (including phenoxy) is 2. The average Bonchev–Trinajstić information content (AvgIpc) is 3.39. The monoisotopic (exact) mass is 452 g/mol. The van der Waals surface area contributed by atoms with E-state index in [4.69, 9.17) is 14.5 Å². The summed E-state index contributed by atoms with van der Waals surface area (Å²) in [4.78, 5) is 16.3. The minimum absolute atomic E-state index is 0.0167. The van der Waals surface area contributed by atoms with Crippen LogP contribution in [-0.2, 0) is 9.53 Å². The van der Waals surface area contributed by atoms with Crippen molar-refractivity contribution in [3.8, 4) is 11.4 Å². The molecule has 1 aliphatic heterocycles. The number of aliphatic carboxylic acids is 1. The lowest BCUT2D eigenvalue weighted by Gasteiger charge is -2.28. The number of nitrogens with zero attached hydrogens (tertiary/aromatic N) is 3. The van der Waals surface area contributed by atoms with Crippen LogP contribution in [0.3, 0.4) is 0 Å². The van der Waals surface area contributed by atoms with Gasteiger partial charge in [-0.2, -0.15) is 5.10 Å². The van der Waals surface area contributed by atoms with Gasteiger partial charge in [-0.25, -0.2) is 14.2 Å². The maximum absolute atomic E-state index is 14.2. The Morgan fingerprint density at radius 1 is 1.33 bits per heavy atom. The predicted octanol–water partition coefficient (Wildman–Crippen LogP) is 4.52. The summed E-state index contributed by atoms with van der Waals surface area (Å²) in [6.07, 6.45) is 2.04. The molecule has 4 heterocycles. The molecule has 1 aliphatic rings. The smallest absolute Gasteiger partial charge is 0.332 e. The summed E-state index contributed by atoms with van der Waals surface area (Å²) in [5, 5.41) is 17.3. The number of hydrogen-bond acceptors (Lipinski definition) is 5. The van der Waals surface area contributed by atoms with Crippen molar-refractivity contribution in [2.75, 3.05) is 13.7 Å². The second-order valence-electron chi connectivity index (χ2n) is 8.71. The van der Waals surface area contributed by atoms with Gasteiger partial charge in [-0.3, -0.25) is 5.10 Å². The van der Waals surface area contributed by atoms with E-state index in [0.717, 1.165) is 33.4 Å². The van der Waals surface area contributed by atoms with E-state index in [1.54, 1.807) is 18.3 Å². The number of methoxy groups -OCH3 is 1. The number of aromatic nitrogens is 4. The van der Waals surface area contributed by atoms with Crippen molar-refractivity contribution in [2.24, 2.45) is 0 Å². The number of H-pyrrole nitrogens is 1. The number of carboxylic acid groups (broad SMARTS) is 1. The molecule has 1 aromatic carbocycles. The molecule has 9 heteroatoms. The van der Waals surface area contributed by atoms with Crippen LogP contribution < -0.4 is 4.74 Å². The molecule has 1 unspecified atom stereocenters. The maximum atomic E-state index is 14.2. The fourth-order valence-corrected chi connectivity index (χ4v) is 4.82. The standard InChI is InChI=1S/C24H25FN4O4/c1-12(2)22-20(13-4-7-18(24(30)31)33-11-13)21-17(8-14-10-26-28-23(14)27-21)29(22)15-5-6-16(25)19(9-15)32-3/h5-6,8-10,12-13,18H,4,7,11H2,1-3H3,(H,30,31)(H,26,27,28)/t13-,18?/m0/s1. The molecule has 5 rings (SSSR count). The Labute approximate surface area is 189 Å². The fourth-order valence-electron chi connectivity index (χ4n) is 4.82. The number of carboxylic acids is 1. The molecule has 33 heavy (non-hydrogen) atoms. The topological polar surface area (TPSA) is 102 Å². The van der Waals surface area contributed by atoms with Crippen LogP contribution in [0.5, 0.6) is 5.75 Å². The first-order chi connectivity index (χ1) is 15.9. The van der Waals surface area contributed by atoms with Crippen LogP contribution in [-0.4, -0.2) is 50.6 Å². The van der Waals surface area contributed by atoms with Gasteiger partial charge >= 0.3 is 5.97 Å². The third-order valence-electron chi connectivity index (χ3n) is 6.32. The van der Waals surface area contributed by atoms with Crippen molar-refractivity contribution in [3.05, 3.63) is 47.5 Å². The molecule has 8 nitrogen and oxygen atoms in total. The fraction of sp³-hybridized carbons (Fsp3) is 0.375. The van der Waals surface area contributed by atoms with Gasteiger partial charge in [0.1, 0.15) is 0 Å². The van der Waals surface area contributed by atoms with Crippen LogP contribution in [0.15, 0.2) is 30.5 Å². The summed E-state index contributed by atoms with van der Waals surface area (Å²) in [5.41, 5.74) is 5.18. The number of halogens is 1. The SMILES string of the molecule is COc1cc(-n2c(C(C)C)c([C@H]3CCC(C(=O)O)OC3)c3nc4[nH]ncc4cc32)ccc1F. The van der Waals surface area contributed by atoms with Crippen molar-refractivity contribution in [2.45, 2.75) is 44.6 Å². The Kier molecular flexibility index (Phi) is 5.28. The number of aromatic amines is 1. The second kappa shape index (κ2) is 8.15. The normalized spacial score (nSPS) is 18.9. The molecule has 0 saturated carbocycles. The predicted molar refractivity (Wildman–Crippen MR) is 121 cm³/mol. The first kappa shape index (κ1) is 21.4. The maximum Gasteiger partial charge on any atom is 0.332 e. The van der Waals surface area contributed by atoms with Crippen LogP contribution in [0.1, 0.15) is 49.8 Å². The number of pyridine rings is 1. The zero-order valence-corrected chi connectivity index (χ0v) is 18.6. The Morgan fingerprint density at radius 2 is 2.15 bits per heavy atom. The minimum atomic E-state index is -0.935. The zero-order chi connectivity index (χ0) is 23.3. The molecule has 0 spiro atoms. The molecule has 4 aromatic rings. The van der Waals surface area contributed by atoms with Gasteiger partial charge in [0.2, 0.25) is 0 Å². The number of carbonyl (C=O) groups is 1. The molecular formula is C24H25FN4O4. The Balaban J connectivity index is 1.77. The van der Waals surface area contributed by atoms with Gasteiger partial charge in [0.05, 0.1) is 30.9 Å². The molecule has 2 atom stereocenters. The van der Waals surface area contributed by atoms with Gasteiger partial charge in [-0.05, 0) is 37.0 Å². The van der Waals surface area contributed by atoms with Crippen molar-refractivity contribution in [1.82, 2.24) is 19.7 Å². The first-order valence-electron chi connectivity index (χ1n) is 11.0. The van der Waals surface area contributed by atoms with Crippen LogP contribution in [0.2, 0.25) is 0 Å². The van der Waals surface area contributed by atoms with Crippen LogP contribution in [0.4, 0.5) is 4.39 Å². The third-order valence-corrected chi connectivity index (χ3v) is 6.32. The summed E-state index contributed by atoms with van der Waals surface area (Å²) < 4.78 is 27.2. The summed E-state index contributed by atoms with van der Waals surface area (Å²) in [6.45, 7) is 4.50. The van der Waals surface area contributed by atoms with Gasteiger partial charge in [0.15, 0.2) is 23.3 Å². The van der Waals surface area contributed by atoms with E-state index in [1.165, 1.54) is 13.2 Å². The summed E-state index contributed by atoms with van der Waals surface area (Å²) in [5.74, 6) is -1.11. The molecule has 172 valence electrons. The Hall–Kier alpha value is -3.46. The zero-order valence-electron chi connectivity index (χ0n) is 18.6. The highest BCUT2D eigenvalue weighted by Crippen LogP contribution is 2.42. The second-order valence-corrected chi connectivity index (χ2v) is 8.71. The van der Waals surface area contributed by atoms with E-state index in [-0.39, 0.29) is 17.6 Å². The molecule has 0 radical (unpaired) electrons. The van der Waals surface area contributed by atoms with Crippen molar-refractivity contribution in [1.29, 1.82) is 0 Å². The van der Waals surface area contributed by atoms with Gasteiger partial charge in [-0.1, -0.05) is 13.8 Å². The molecule has 0 amide bonds. The Bertz CT molecular complexity index is 1350. The third kappa shape index (κ3) is 3.52. The quantitative estimate of drug-likeness (QED) is 0.462. The number of nitrogens with one attached hydrogen (secondary N) is 1. The van der Waals surface area contributed by atoms with E-state index in [1.807, 2.05) is 6.07 Å². The molecule has 0 bridgehead atoms. The van der Waals surface area contributed by atoms with Crippen LogP contribution >= 0.6 is 0 Å². The lowest BCUT2D eigenvalue weighted by atomic mass is 9.88. The van der Waals surface area contributed by atoms with Crippen molar-refractivity contribution in [3.63, 3.8) is 0 Å². The van der Waals surface area contributed by atoms with Crippen LogP contribution in [0, 0.1) is 5.82 Å². The van der Waals surface area contributed by atoms with E-state index in [9.17, 15) is 14.3 Å². The van der Waals surface area contributed by atoms with E-state index < -0.39 is 17.9 Å². The summed E-state index contributed by atoms with van der Waals surface area (Å²) in [7, 11) is 1.44. The molecule has 2 N–H and O–H groups in total. The van der Waals surface area contributed by atoms with Crippen molar-refractivity contribution < 1.29 is 23.8 Å². The Morgan fingerprint density at radius 3 is 2.82 bits per heavy atom. The lowest BCUT2D eigenvalue weighted by molar-refractivity contribution is -0.153. The molecule has 0 aliphatic carbocycles. The van der Waals surface area contributed by atoms with Gasteiger partial charge < -0.3 is 19.1 Å². The number of rotatable bonds is 5. The summed E-state index contributed by atoms with van der Waals surface area (Å²) >= 11 is 0. The van der Waals surface area contributed by atoms with Crippen molar-refractivity contribution >= 4 is 28.0 Å². The average molecular weight is 452 g/mol. The number of hydrogen-bond donors (Lipinski definition) is 2. The molecule has 1 fully saturated rings. The van der Waals surface area contributed by atoms with Gasteiger partial charge in [0.25, 0.3) is 0 Å². The molecule has 3 aromatic heterocycles. The van der Waals surface area contributed by atoms with Crippen LogP contribution in [0.25, 0.3) is 27.8 Å². The molecule has 1 saturated heterocycles. The highest BCUT2D eigenvalue weighted by atomic mass is 19.1. The highest BCUT2D eigenvalue weighted by Gasteiger charge is 2.33. The number of fused-ring (bicyclic) bond motifs is 2. The van der Waals surface area contributed by atoms with E-state index in [2.05, 4.69) is 28.6 Å². The lowest BCUT2D eigenvalue weighted by Crippen LogP contribution is -2.31. The first-order valence-corrected chi connectivity index (χ1v) is 11.0. The number of benzene rings is 1. The van der Waals surface area contributed by atoms with E-state index >= 15 is 0 Å². The van der Waals surface area contributed by atoms with Gasteiger partial charge in [0, 0.05) is 34.3 Å². The largest absolute Gasteiger partial charge is 0.494 e. The highest BCUT2D eigenvalue weighted by molar-refractivity contribution is 5.93. The summed E-state index contributed by atoms with van der Waals surface area (Å²) in [6, 6.07) is 6.83. The van der Waals surface area contributed by atoms with E-state index in [0.29, 0.717) is 25.1 Å². The van der Waals surface area contributed by atoms with Gasteiger partial charge in [-0.15, -0.1) is 0 Å².